The molecule has 0 unspecified atom stereocenters. The first-order valence-electron chi connectivity index (χ1n) is 4.60. The summed E-state index contributed by atoms with van der Waals surface area (Å²) in [5, 5.41) is 0. The Bertz CT molecular complexity index is 185. The molecule has 0 amide bonds. The van der Waals surface area contributed by atoms with E-state index in [1.54, 1.807) is 0 Å². The Morgan fingerprint density at radius 3 is 2.08 bits per heavy atom. The molecule has 1 fully saturated rings. The molecule has 0 atom stereocenters. The van der Waals surface area contributed by atoms with E-state index in [9.17, 15) is 4.79 Å². The molecule has 0 N–H and O–H groups in total. The van der Waals surface area contributed by atoms with Crippen LogP contribution in [0.25, 0.3) is 0 Å². The van der Waals surface area contributed by atoms with Crippen molar-refractivity contribution in [3.8, 4) is 0 Å². The molecule has 0 aliphatic heterocycles. The van der Waals surface area contributed by atoms with Gasteiger partial charge in [0, 0.05) is 5.41 Å². The molecule has 0 bridgehead atoms. The summed E-state index contributed by atoms with van der Waals surface area (Å²) in [7, 11) is 0. The van der Waals surface area contributed by atoms with Crippen molar-refractivity contribution in [3.63, 3.8) is 0 Å². The van der Waals surface area contributed by atoms with Crippen molar-refractivity contribution in [1.82, 2.24) is 0 Å². The van der Waals surface area contributed by atoms with Crippen LogP contribution in [0.15, 0.2) is 0 Å². The summed E-state index contributed by atoms with van der Waals surface area (Å²) in [5.74, 6) is 0.368. The second-order valence-electron chi connectivity index (χ2n) is 4.57. The van der Waals surface area contributed by atoms with E-state index in [4.69, 9.17) is 0 Å². The van der Waals surface area contributed by atoms with Crippen LogP contribution in [0.4, 0.5) is 0 Å². The molecule has 1 nitrogen and oxygen atoms in total. The quantitative estimate of drug-likeness (QED) is 0.668. The molecule has 1 aliphatic rings. The number of hydrogen-bond donors (Lipinski definition) is 0. The molecule has 1 saturated carbocycles. The van der Waals surface area contributed by atoms with Gasteiger partial charge in [0.1, 0.15) is 0 Å². The zero-order chi connectivity index (χ0) is 9.41. The first kappa shape index (κ1) is 10.2. The van der Waals surface area contributed by atoms with Crippen molar-refractivity contribution in [2.24, 2.45) is 5.41 Å². The van der Waals surface area contributed by atoms with Gasteiger partial charge in [0.2, 0.25) is 0 Å². The van der Waals surface area contributed by atoms with E-state index in [0.29, 0.717) is 5.78 Å². The second kappa shape index (κ2) is 3.13. The maximum absolute atomic E-state index is 11.9. The zero-order valence-corrected chi connectivity index (χ0v) is 9.70. The van der Waals surface area contributed by atoms with E-state index in [-0.39, 0.29) is 9.74 Å². The normalized spacial score (nSPS) is 22.7. The summed E-state index contributed by atoms with van der Waals surface area (Å²) in [6.45, 7) is 5.99. The number of Topliss-reactive ketones (excluding diaryl/α,β-unsaturated/α-hetero) is 1. The summed E-state index contributed by atoms with van der Waals surface area (Å²) >= 11 is 3.44. The van der Waals surface area contributed by atoms with Gasteiger partial charge in [-0.25, -0.2) is 0 Å². The molecule has 0 radical (unpaired) electrons. The minimum atomic E-state index is -0.341. The number of rotatable bonds is 2. The number of carbonyl (C=O) groups is 1. The van der Waals surface area contributed by atoms with E-state index in [1.165, 1.54) is 12.8 Å². The van der Waals surface area contributed by atoms with E-state index < -0.39 is 0 Å². The van der Waals surface area contributed by atoms with Gasteiger partial charge >= 0.3 is 0 Å². The first-order valence-corrected chi connectivity index (χ1v) is 5.39. The van der Waals surface area contributed by atoms with Crippen molar-refractivity contribution in [2.75, 3.05) is 0 Å². The Hall–Kier alpha value is 0.150. The Balaban J connectivity index is 2.75. The predicted molar refractivity (Wildman–Crippen MR) is 54.6 cm³/mol. The van der Waals surface area contributed by atoms with Crippen molar-refractivity contribution in [3.05, 3.63) is 0 Å². The fraction of sp³-hybridized carbons (Fsp3) is 0.900. The van der Waals surface area contributed by atoms with Gasteiger partial charge in [-0.05, 0) is 26.7 Å². The van der Waals surface area contributed by atoms with Crippen LogP contribution < -0.4 is 0 Å². The molecule has 0 saturated heterocycles. The molecule has 1 aliphatic carbocycles. The summed E-state index contributed by atoms with van der Waals surface area (Å²) in [4.78, 5) is 11.9. The van der Waals surface area contributed by atoms with Gasteiger partial charge in [0.05, 0.1) is 4.32 Å². The lowest BCUT2D eigenvalue weighted by Crippen LogP contribution is -2.37. The highest BCUT2D eigenvalue weighted by Crippen LogP contribution is 2.42. The monoisotopic (exact) mass is 232 g/mol. The highest BCUT2D eigenvalue weighted by atomic mass is 79.9. The number of halogens is 1. The van der Waals surface area contributed by atoms with E-state index in [2.05, 4.69) is 22.9 Å². The smallest absolute Gasteiger partial charge is 0.154 e. The topological polar surface area (TPSA) is 17.1 Å². The maximum Gasteiger partial charge on any atom is 0.154 e. The average molecular weight is 233 g/mol. The van der Waals surface area contributed by atoms with E-state index in [1.807, 2.05) is 13.8 Å². The number of ketones is 1. The van der Waals surface area contributed by atoms with Crippen LogP contribution in [0.3, 0.4) is 0 Å². The molecule has 0 aromatic heterocycles. The zero-order valence-electron chi connectivity index (χ0n) is 8.11. The lowest BCUT2D eigenvalue weighted by atomic mass is 9.79. The third kappa shape index (κ3) is 1.90. The highest BCUT2D eigenvalue weighted by Gasteiger charge is 2.42. The predicted octanol–water partition coefficient (Wildman–Crippen LogP) is 3.31. The molecular formula is C10H17BrO. The fourth-order valence-corrected chi connectivity index (χ4v) is 2.58. The summed E-state index contributed by atoms with van der Waals surface area (Å²) in [6.07, 6.45) is 4.57. The molecule has 1 rings (SSSR count). The minimum Gasteiger partial charge on any atom is -0.298 e. The van der Waals surface area contributed by atoms with Crippen LogP contribution in [-0.2, 0) is 4.79 Å². The van der Waals surface area contributed by atoms with Crippen LogP contribution in [0.1, 0.15) is 46.5 Å². The average Bonchev–Trinajstić information content (AvgIpc) is 2.34. The molecule has 0 spiro atoms. The molecule has 0 aromatic rings. The number of hydrogen-bond acceptors (Lipinski definition) is 1. The summed E-state index contributed by atoms with van der Waals surface area (Å²) < 4.78 is -0.341. The van der Waals surface area contributed by atoms with Crippen molar-refractivity contribution in [1.29, 1.82) is 0 Å². The molecule has 0 aromatic carbocycles. The van der Waals surface area contributed by atoms with Crippen LogP contribution >= 0.6 is 15.9 Å². The Labute approximate surface area is 83.0 Å². The van der Waals surface area contributed by atoms with Crippen molar-refractivity contribution < 1.29 is 4.79 Å². The minimum absolute atomic E-state index is 0.0486. The van der Waals surface area contributed by atoms with E-state index in [0.717, 1.165) is 12.8 Å². The van der Waals surface area contributed by atoms with Gasteiger partial charge in [0.15, 0.2) is 5.78 Å². The lowest BCUT2D eigenvalue weighted by molar-refractivity contribution is -0.129. The fourth-order valence-electron chi connectivity index (χ4n) is 2.10. The first-order chi connectivity index (χ1) is 5.36. The van der Waals surface area contributed by atoms with Crippen LogP contribution in [-0.4, -0.2) is 10.1 Å². The summed E-state index contributed by atoms with van der Waals surface area (Å²) in [5.41, 5.74) is -0.0486. The maximum atomic E-state index is 11.9. The van der Waals surface area contributed by atoms with Gasteiger partial charge in [-0.3, -0.25) is 4.79 Å². The van der Waals surface area contributed by atoms with Crippen LogP contribution in [0, 0.1) is 5.41 Å². The second-order valence-corrected chi connectivity index (χ2v) is 6.55. The number of carbonyl (C=O) groups excluding carboxylic acids is 1. The molecule has 0 heterocycles. The SMILES string of the molecule is CC(C)(Br)C(=O)C1(C)CCCC1. The van der Waals surface area contributed by atoms with Gasteiger partial charge in [-0.2, -0.15) is 0 Å². The molecule has 12 heavy (non-hydrogen) atoms. The Morgan fingerprint density at radius 2 is 1.75 bits per heavy atom. The number of alkyl halides is 1. The summed E-state index contributed by atoms with van der Waals surface area (Å²) in [6, 6.07) is 0. The Morgan fingerprint density at radius 1 is 1.33 bits per heavy atom. The highest BCUT2D eigenvalue weighted by molar-refractivity contribution is 9.10. The van der Waals surface area contributed by atoms with E-state index >= 15 is 0 Å². The van der Waals surface area contributed by atoms with Crippen LogP contribution in [0.5, 0.6) is 0 Å². The van der Waals surface area contributed by atoms with Crippen molar-refractivity contribution >= 4 is 21.7 Å². The van der Waals surface area contributed by atoms with Crippen molar-refractivity contribution in [2.45, 2.75) is 50.8 Å². The standard InChI is InChI=1S/C10H17BrO/c1-9(2,11)8(12)10(3)6-4-5-7-10/h4-7H2,1-3H3. The lowest BCUT2D eigenvalue weighted by Gasteiger charge is -2.28. The third-order valence-corrected chi connectivity index (χ3v) is 3.16. The van der Waals surface area contributed by atoms with Crippen LogP contribution in [0.2, 0.25) is 0 Å². The molecular weight excluding hydrogens is 216 g/mol. The largest absolute Gasteiger partial charge is 0.298 e. The van der Waals surface area contributed by atoms with Gasteiger partial charge < -0.3 is 0 Å². The van der Waals surface area contributed by atoms with Gasteiger partial charge in [-0.15, -0.1) is 0 Å². The van der Waals surface area contributed by atoms with Gasteiger partial charge in [0.25, 0.3) is 0 Å². The third-order valence-electron chi connectivity index (χ3n) is 2.80. The van der Waals surface area contributed by atoms with Gasteiger partial charge in [-0.1, -0.05) is 35.7 Å². The molecule has 2 heteroatoms. The molecule has 70 valence electrons. The Kier molecular flexibility index (Phi) is 2.67.